The Morgan fingerprint density at radius 1 is 1.24 bits per heavy atom. The molecule has 1 aromatic heterocycles. The minimum absolute atomic E-state index is 0.0326. The van der Waals surface area contributed by atoms with Crippen LogP contribution in [0.15, 0.2) is 36.5 Å². The summed E-state index contributed by atoms with van der Waals surface area (Å²) >= 11 is 0. The van der Waals surface area contributed by atoms with Crippen LogP contribution in [0.4, 0.5) is 0 Å². The lowest BCUT2D eigenvalue weighted by Crippen LogP contribution is -2.33. The Kier molecular flexibility index (Phi) is 3.51. The van der Waals surface area contributed by atoms with Gasteiger partial charge in [-0.25, -0.2) is 4.68 Å². The van der Waals surface area contributed by atoms with E-state index in [0.717, 1.165) is 11.4 Å². The van der Waals surface area contributed by atoms with Gasteiger partial charge in [0.25, 0.3) is 0 Å². The monoisotopic (exact) mass is 231 g/mol. The summed E-state index contributed by atoms with van der Waals surface area (Å²) in [7, 11) is 0. The van der Waals surface area contributed by atoms with Gasteiger partial charge in [0.05, 0.1) is 23.6 Å². The van der Waals surface area contributed by atoms with Gasteiger partial charge in [-0.15, -0.1) is 5.10 Å². The Hall–Kier alpha value is -1.72. The summed E-state index contributed by atoms with van der Waals surface area (Å²) in [5, 5.41) is 8.08. The first-order chi connectivity index (χ1) is 8.24. The molecule has 2 aromatic rings. The summed E-state index contributed by atoms with van der Waals surface area (Å²) in [6.45, 7) is 4.21. The van der Waals surface area contributed by atoms with Crippen LogP contribution in [0.3, 0.4) is 0 Å². The highest BCUT2D eigenvalue weighted by Gasteiger charge is 2.19. The molecule has 0 fully saturated rings. The SMILES string of the molecule is CC(C)C(NN)c1cnnn1-c1ccccc1. The predicted molar refractivity (Wildman–Crippen MR) is 66.3 cm³/mol. The number of nitrogens with zero attached hydrogens (tertiary/aromatic N) is 3. The van der Waals surface area contributed by atoms with Crippen molar-refractivity contribution in [2.75, 3.05) is 0 Å². The third-order valence-electron chi connectivity index (χ3n) is 2.74. The predicted octanol–water partition coefficient (Wildman–Crippen LogP) is 1.43. The molecule has 0 bridgehead atoms. The van der Waals surface area contributed by atoms with Crippen molar-refractivity contribution < 1.29 is 0 Å². The van der Waals surface area contributed by atoms with E-state index in [4.69, 9.17) is 5.84 Å². The molecule has 1 heterocycles. The molecule has 0 aliphatic heterocycles. The molecule has 2 rings (SSSR count). The molecule has 0 aliphatic carbocycles. The lowest BCUT2D eigenvalue weighted by atomic mass is 10.0. The molecular formula is C12H17N5. The maximum atomic E-state index is 5.59. The van der Waals surface area contributed by atoms with Gasteiger partial charge in [-0.2, -0.15) is 0 Å². The van der Waals surface area contributed by atoms with Crippen molar-refractivity contribution in [1.29, 1.82) is 0 Å². The van der Waals surface area contributed by atoms with Crippen LogP contribution in [0, 0.1) is 5.92 Å². The highest BCUT2D eigenvalue weighted by atomic mass is 15.4. The number of para-hydroxylation sites is 1. The van der Waals surface area contributed by atoms with Gasteiger partial charge in [0.15, 0.2) is 0 Å². The number of benzene rings is 1. The highest BCUT2D eigenvalue weighted by Crippen LogP contribution is 2.21. The summed E-state index contributed by atoms with van der Waals surface area (Å²) in [5.74, 6) is 5.95. The number of hydrogen-bond acceptors (Lipinski definition) is 4. The topological polar surface area (TPSA) is 68.8 Å². The normalized spacial score (nSPS) is 12.9. The molecular weight excluding hydrogens is 214 g/mol. The van der Waals surface area contributed by atoms with E-state index in [-0.39, 0.29) is 6.04 Å². The van der Waals surface area contributed by atoms with Crippen LogP contribution in [-0.2, 0) is 0 Å². The number of hydrogen-bond donors (Lipinski definition) is 2. The Bertz CT molecular complexity index is 463. The molecule has 5 heteroatoms. The second-order valence-corrected chi connectivity index (χ2v) is 4.29. The van der Waals surface area contributed by atoms with Crippen molar-refractivity contribution in [3.8, 4) is 5.69 Å². The zero-order valence-corrected chi connectivity index (χ0v) is 10.0. The van der Waals surface area contributed by atoms with Crippen molar-refractivity contribution in [2.24, 2.45) is 11.8 Å². The largest absolute Gasteiger partial charge is 0.271 e. The van der Waals surface area contributed by atoms with E-state index in [0.29, 0.717) is 5.92 Å². The Morgan fingerprint density at radius 2 is 1.94 bits per heavy atom. The molecule has 5 nitrogen and oxygen atoms in total. The van der Waals surface area contributed by atoms with Gasteiger partial charge in [-0.05, 0) is 18.1 Å². The third-order valence-corrected chi connectivity index (χ3v) is 2.74. The standard InChI is InChI=1S/C12H17N5/c1-9(2)12(15-13)11-8-14-16-17(11)10-6-4-3-5-7-10/h3-9,12,15H,13H2,1-2H3. The molecule has 0 amide bonds. The van der Waals surface area contributed by atoms with Gasteiger partial charge < -0.3 is 0 Å². The molecule has 17 heavy (non-hydrogen) atoms. The number of nitrogens with two attached hydrogens (primary N) is 1. The number of nitrogens with one attached hydrogen (secondary N) is 1. The van der Waals surface area contributed by atoms with Crippen LogP contribution in [0.5, 0.6) is 0 Å². The van der Waals surface area contributed by atoms with Crippen LogP contribution in [0.25, 0.3) is 5.69 Å². The van der Waals surface area contributed by atoms with Crippen molar-refractivity contribution in [2.45, 2.75) is 19.9 Å². The van der Waals surface area contributed by atoms with Gasteiger partial charge in [0.2, 0.25) is 0 Å². The van der Waals surface area contributed by atoms with Crippen LogP contribution >= 0.6 is 0 Å². The lowest BCUT2D eigenvalue weighted by Gasteiger charge is -2.20. The van der Waals surface area contributed by atoms with Crippen molar-refractivity contribution in [3.63, 3.8) is 0 Å². The Morgan fingerprint density at radius 3 is 2.53 bits per heavy atom. The molecule has 1 unspecified atom stereocenters. The van der Waals surface area contributed by atoms with E-state index in [2.05, 4.69) is 29.6 Å². The maximum Gasteiger partial charge on any atom is 0.0831 e. The Labute approximate surface area is 101 Å². The molecule has 1 atom stereocenters. The summed E-state index contributed by atoms with van der Waals surface area (Å²) in [6.07, 6.45) is 1.75. The third kappa shape index (κ3) is 2.35. The van der Waals surface area contributed by atoms with Crippen LogP contribution in [0.1, 0.15) is 25.6 Å². The van der Waals surface area contributed by atoms with E-state index < -0.39 is 0 Å². The van der Waals surface area contributed by atoms with Gasteiger partial charge in [0, 0.05) is 0 Å². The first-order valence-corrected chi connectivity index (χ1v) is 5.66. The van der Waals surface area contributed by atoms with Gasteiger partial charge in [-0.3, -0.25) is 11.3 Å². The second kappa shape index (κ2) is 5.07. The fourth-order valence-corrected chi connectivity index (χ4v) is 1.84. The van der Waals surface area contributed by atoms with Gasteiger partial charge in [-0.1, -0.05) is 37.3 Å². The molecule has 0 saturated carbocycles. The van der Waals surface area contributed by atoms with Crippen molar-refractivity contribution in [3.05, 3.63) is 42.2 Å². The molecule has 0 radical (unpaired) electrons. The minimum Gasteiger partial charge on any atom is -0.271 e. The first-order valence-electron chi connectivity index (χ1n) is 5.66. The molecule has 0 spiro atoms. The number of rotatable bonds is 4. The zero-order valence-electron chi connectivity index (χ0n) is 10.0. The van der Waals surface area contributed by atoms with E-state index in [1.165, 1.54) is 0 Å². The molecule has 0 saturated heterocycles. The average Bonchev–Trinajstić information content (AvgIpc) is 2.80. The van der Waals surface area contributed by atoms with Gasteiger partial charge in [0.1, 0.15) is 0 Å². The van der Waals surface area contributed by atoms with Crippen LogP contribution in [0.2, 0.25) is 0 Å². The van der Waals surface area contributed by atoms with E-state index in [1.54, 1.807) is 6.20 Å². The highest BCUT2D eigenvalue weighted by molar-refractivity contribution is 5.32. The fourth-order valence-electron chi connectivity index (χ4n) is 1.84. The molecule has 1 aromatic carbocycles. The van der Waals surface area contributed by atoms with Crippen LogP contribution < -0.4 is 11.3 Å². The second-order valence-electron chi connectivity index (χ2n) is 4.29. The van der Waals surface area contributed by atoms with Crippen molar-refractivity contribution in [1.82, 2.24) is 20.4 Å². The number of aromatic nitrogens is 3. The summed E-state index contributed by atoms with van der Waals surface area (Å²) in [5.41, 5.74) is 4.77. The summed E-state index contributed by atoms with van der Waals surface area (Å²) in [6, 6.07) is 9.94. The number of hydrazine groups is 1. The quantitative estimate of drug-likeness (QED) is 0.617. The summed E-state index contributed by atoms with van der Waals surface area (Å²) < 4.78 is 1.81. The lowest BCUT2D eigenvalue weighted by molar-refractivity contribution is 0.404. The van der Waals surface area contributed by atoms with Crippen molar-refractivity contribution >= 4 is 0 Å². The van der Waals surface area contributed by atoms with E-state index in [1.807, 2.05) is 35.0 Å². The first kappa shape index (κ1) is 11.8. The van der Waals surface area contributed by atoms with Crippen LogP contribution in [-0.4, -0.2) is 15.0 Å². The van der Waals surface area contributed by atoms with Gasteiger partial charge >= 0.3 is 0 Å². The molecule has 3 N–H and O–H groups in total. The average molecular weight is 231 g/mol. The molecule has 90 valence electrons. The van der Waals surface area contributed by atoms with E-state index >= 15 is 0 Å². The molecule has 0 aliphatic rings. The minimum atomic E-state index is 0.0326. The smallest absolute Gasteiger partial charge is 0.0831 e. The Balaban J connectivity index is 2.41. The zero-order chi connectivity index (χ0) is 12.3. The fraction of sp³-hybridized carbons (Fsp3) is 0.333. The van der Waals surface area contributed by atoms with E-state index in [9.17, 15) is 0 Å². The maximum absolute atomic E-state index is 5.59. The summed E-state index contributed by atoms with van der Waals surface area (Å²) in [4.78, 5) is 0.